The van der Waals surface area contributed by atoms with Gasteiger partial charge in [0.1, 0.15) is 0 Å². The van der Waals surface area contributed by atoms with Crippen molar-refractivity contribution in [3.63, 3.8) is 0 Å². The number of nitrogens with zero attached hydrogens (tertiary/aromatic N) is 3. The molecule has 2 heterocycles. The van der Waals surface area contributed by atoms with E-state index in [1.165, 1.54) is 11.9 Å². The number of hydroxylamine groups is 2. The van der Waals surface area contributed by atoms with Crippen LogP contribution in [-0.4, -0.2) is 56.1 Å². The highest BCUT2D eigenvalue weighted by Gasteiger charge is 2.28. The van der Waals surface area contributed by atoms with Crippen molar-refractivity contribution in [1.29, 1.82) is 0 Å². The van der Waals surface area contributed by atoms with Crippen LogP contribution in [0.3, 0.4) is 0 Å². The van der Waals surface area contributed by atoms with Crippen LogP contribution in [0.2, 0.25) is 0 Å². The molecule has 0 unspecified atom stereocenters. The second-order valence-electron chi connectivity index (χ2n) is 3.81. The zero-order chi connectivity index (χ0) is 12.6. The second-order valence-corrected chi connectivity index (χ2v) is 3.81. The summed E-state index contributed by atoms with van der Waals surface area (Å²) in [6, 6.07) is 0. The number of carbonyl (C=O) groups excluding carboxylic acids is 1. The number of hydrogen-bond acceptors (Lipinski definition) is 4. The molecule has 1 aliphatic heterocycles. The van der Waals surface area contributed by atoms with E-state index in [1.807, 2.05) is 0 Å². The van der Waals surface area contributed by atoms with Gasteiger partial charge in [0.15, 0.2) is 5.69 Å². The lowest BCUT2D eigenvalue weighted by atomic mass is 10.1. The smallest absolute Gasteiger partial charge is 0.407 e. The molecule has 0 aliphatic carbocycles. The fraction of sp³-hybridized carbons (Fsp3) is 0.444. The first-order chi connectivity index (χ1) is 8.00. The van der Waals surface area contributed by atoms with Gasteiger partial charge in [-0.3, -0.25) is 15.1 Å². The fourth-order valence-corrected chi connectivity index (χ4v) is 1.79. The zero-order valence-electron chi connectivity index (χ0n) is 9.17. The number of amides is 2. The Morgan fingerprint density at radius 1 is 1.53 bits per heavy atom. The van der Waals surface area contributed by atoms with Crippen molar-refractivity contribution < 1.29 is 19.9 Å². The van der Waals surface area contributed by atoms with Crippen molar-refractivity contribution >= 4 is 12.0 Å². The summed E-state index contributed by atoms with van der Waals surface area (Å²) >= 11 is 0. The molecule has 1 aromatic heterocycles. The Labute approximate surface area is 96.4 Å². The minimum Gasteiger partial charge on any atom is -0.465 e. The van der Waals surface area contributed by atoms with Crippen molar-refractivity contribution in [2.75, 3.05) is 13.6 Å². The Bertz CT molecular complexity index is 468. The molecule has 8 nitrogen and oxygen atoms in total. The van der Waals surface area contributed by atoms with Gasteiger partial charge in [0.25, 0.3) is 5.91 Å². The van der Waals surface area contributed by atoms with Gasteiger partial charge in [-0.1, -0.05) is 0 Å². The molecule has 8 heteroatoms. The van der Waals surface area contributed by atoms with Crippen LogP contribution >= 0.6 is 0 Å². The van der Waals surface area contributed by atoms with Gasteiger partial charge in [-0.2, -0.15) is 5.10 Å². The normalized spacial score (nSPS) is 14.4. The molecule has 0 saturated heterocycles. The second kappa shape index (κ2) is 4.06. The summed E-state index contributed by atoms with van der Waals surface area (Å²) < 4.78 is 0. The number of hydrogen-bond donors (Lipinski definition) is 3. The van der Waals surface area contributed by atoms with E-state index in [9.17, 15) is 9.59 Å². The van der Waals surface area contributed by atoms with Crippen LogP contribution in [0.15, 0.2) is 0 Å². The van der Waals surface area contributed by atoms with Crippen molar-refractivity contribution in [2.24, 2.45) is 0 Å². The lowest BCUT2D eigenvalue weighted by Crippen LogP contribution is -2.35. The fourth-order valence-electron chi connectivity index (χ4n) is 1.79. The quantitative estimate of drug-likeness (QED) is 0.469. The number of carboxylic acid groups (broad SMARTS) is 1. The molecule has 0 fully saturated rings. The van der Waals surface area contributed by atoms with Gasteiger partial charge < -0.3 is 10.0 Å². The van der Waals surface area contributed by atoms with E-state index in [2.05, 4.69) is 10.2 Å². The van der Waals surface area contributed by atoms with Gasteiger partial charge in [0.05, 0.1) is 6.54 Å². The van der Waals surface area contributed by atoms with Crippen molar-refractivity contribution in [3.8, 4) is 0 Å². The molecule has 92 valence electrons. The van der Waals surface area contributed by atoms with Crippen LogP contribution in [0.4, 0.5) is 4.79 Å². The van der Waals surface area contributed by atoms with E-state index >= 15 is 0 Å². The van der Waals surface area contributed by atoms with Crippen molar-refractivity contribution in [3.05, 3.63) is 17.0 Å². The number of fused-ring (bicyclic) bond motifs is 1. The average molecular weight is 240 g/mol. The third-order valence-corrected chi connectivity index (χ3v) is 2.70. The summed E-state index contributed by atoms with van der Waals surface area (Å²) in [5.41, 5.74) is 1.34. The molecule has 0 bridgehead atoms. The van der Waals surface area contributed by atoms with Gasteiger partial charge in [-0.05, 0) is 0 Å². The van der Waals surface area contributed by atoms with Crippen LogP contribution in [0.25, 0.3) is 0 Å². The Hall–Kier alpha value is -2.09. The highest BCUT2D eigenvalue weighted by atomic mass is 16.5. The Morgan fingerprint density at radius 3 is 2.82 bits per heavy atom. The molecule has 0 atom stereocenters. The van der Waals surface area contributed by atoms with Crippen molar-refractivity contribution in [1.82, 2.24) is 20.2 Å². The highest BCUT2D eigenvalue weighted by molar-refractivity contribution is 5.93. The van der Waals surface area contributed by atoms with Gasteiger partial charge in [-0.25, -0.2) is 9.86 Å². The van der Waals surface area contributed by atoms with Crippen LogP contribution in [0, 0.1) is 0 Å². The maximum atomic E-state index is 11.6. The molecule has 3 N–H and O–H groups in total. The number of aromatic nitrogens is 2. The maximum Gasteiger partial charge on any atom is 0.407 e. The summed E-state index contributed by atoms with van der Waals surface area (Å²) in [7, 11) is 1.20. The molecule has 2 rings (SSSR count). The number of nitrogens with one attached hydrogen (secondary N) is 1. The largest absolute Gasteiger partial charge is 0.465 e. The van der Waals surface area contributed by atoms with E-state index in [4.69, 9.17) is 10.3 Å². The van der Waals surface area contributed by atoms with Gasteiger partial charge in [-0.15, -0.1) is 0 Å². The summed E-state index contributed by atoms with van der Waals surface area (Å²) in [6.07, 6.45) is -0.551. The van der Waals surface area contributed by atoms with E-state index in [-0.39, 0.29) is 12.2 Å². The Kier molecular flexibility index (Phi) is 2.72. The van der Waals surface area contributed by atoms with Crippen LogP contribution in [-0.2, 0) is 13.0 Å². The lowest BCUT2D eigenvalue weighted by Gasteiger charge is -2.24. The molecule has 0 radical (unpaired) electrons. The van der Waals surface area contributed by atoms with Gasteiger partial charge >= 0.3 is 6.09 Å². The van der Waals surface area contributed by atoms with Crippen LogP contribution in [0.1, 0.15) is 21.7 Å². The summed E-state index contributed by atoms with van der Waals surface area (Å²) in [5, 5.41) is 24.9. The monoisotopic (exact) mass is 240 g/mol. The summed E-state index contributed by atoms with van der Waals surface area (Å²) in [4.78, 5) is 23.6. The summed E-state index contributed by atoms with van der Waals surface area (Å²) in [5.74, 6) is -0.658. The SMILES string of the molecule is CN(O)C(=O)c1n[nH]c2c1CN(C(=O)O)CC2. The molecule has 17 heavy (non-hydrogen) atoms. The lowest BCUT2D eigenvalue weighted by molar-refractivity contribution is -0.0380. The number of carbonyl (C=O) groups is 2. The minimum absolute atomic E-state index is 0.0657. The van der Waals surface area contributed by atoms with Crippen LogP contribution < -0.4 is 0 Å². The zero-order valence-corrected chi connectivity index (χ0v) is 9.17. The van der Waals surface area contributed by atoms with Crippen LogP contribution in [0.5, 0.6) is 0 Å². The summed E-state index contributed by atoms with van der Waals surface area (Å²) in [6.45, 7) is 0.475. The highest BCUT2D eigenvalue weighted by Crippen LogP contribution is 2.20. The molecule has 0 spiro atoms. The molecular weight excluding hydrogens is 228 g/mol. The van der Waals surface area contributed by atoms with E-state index in [0.29, 0.717) is 23.6 Å². The van der Waals surface area contributed by atoms with Gasteiger partial charge in [0, 0.05) is 31.3 Å². The van der Waals surface area contributed by atoms with Gasteiger partial charge in [0.2, 0.25) is 0 Å². The predicted octanol–water partition coefficient (Wildman–Crippen LogP) is -0.0930. The molecule has 2 amide bonds. The Balaban J connectivity index is 2.31. The minimum atomic E-state index is -1.03. The number of rotatable bonds is 1. The molecule has 1 aliphatic rings. The maximum absolute atomic E-state index is 11.6. The molecule has 0 aromatic carbocycles. The first kappa shape index (κ1) is 11.4. The topological polar surface area (TPSA) is 110 Å². The standard InChI is InChI=1S/C9H12N4O4/c1-12(17)8(14)7-5-4-13(9(15)16)3-2-6(5)10-11-7/h17H,2-4H2,1H3,(H,10,11)(H,15,16). The number of H-pyrrole nitrogens is 1. The first-order valence-electron chi connectivity index (χ1n) is 5.01. The van der Waals surface area contributed by atoms with Crippen molar-refractivity contribution in [2.45, 2.75) is 13.0 Å². The van der Waals surface area contributed by atoms with E-state index in [0.717, 1.165) is 5.69 Å². The molecule has 0 saturated carbocycles. The first-order valence-corrected chi connectivity index (χ1v) is 5.01. The average Bonchev–Trinajstić information content (AvgIpc) is 2.70. The Morgan fingerprint density at radius 2 is 2.24 bits per heavy atom. The molecular formula is C9H12N4O4. The predicted molar refractivity (Wildman–Crippen MR) is 54.6 cm³/mol. The third-order valence-electron chi connectivity index (χ3n) is 2.70. The molecule has 1 aromatic rings. The van der Waals surface area contributed by atoms with E-state index in [1.54, 1.807) is 0 Å². The number of aromatic amines is 1. The van der Waals surface area contributed by atoms with E-state index < -0.39 is 12.0 Å². The third kappa shape index (κ3) is 1.94.